The number of guanidine groups is 1. The van der Waals surface area contributed by atoms with Crippen LogP contribution in [0.15, 0.2) is 29.3 Å². The molecule has 1 aromatic rings. The molecular formula is C21H34N4O2. The van der Waals surface area contributed by atoms with Crippen molar-refractivity contribution in [2.45, 2.75) is 19.8 Å². The van der Waals surface area contributed by atoms with Gasteiger partial charge in [0.2, 0.25) is 0 Å². The first-order valence-corrected chi connectivity index (χ1v) is 10.1. The van der Waals surface area contributed by atoms with Crippen molar-refractivity contribution >= 4 is 11.6 Å². The monoisotopic (exact) mass is 374 g/mol. The van der Waals surface area contributed by atoms with E-state index in [1.165, 1.54) is 18.5 Å². The number of rotatable bonds is 7. The quantitative estimate of drug-likeness (QED) is 0.587. The van der Waals surface area contributed by atoms with E-state index in [1.54, 1.807) is 14.2 Å². The smallest absolute Gasteiger partial charge is 0.193 e. The van der Waals surface area contributed by atoms with Gasteiger partial charge < -0.3 is 24.6 Å². The van der Waals surface area contributed by atoms with Gasteiger partial charge in [-0.05, 0) is 37.8 Å². The van der Waals surface area contributed by atoms with Gasteiger partial charge in [-0.3, -0.25) is 4.99 Å². The van der Waals surface area contributed by atoms with Crippen molar-refractivity contribution in [2.75, 3.05) is 65.0 Å². The topological polar surface area (TPSA) is 49.3 Å². The van der Waals surface area contributed by atoms with Gasteiger partial charge in [0.1, 0.15) is 5.75 Å². The maximum atomic E-state index is 5.52. The summed E-state index contributed by atoms with van der Waals surface area (Å²) in [6, 6.07) is 8.29. The van der Waals surface area contributed by atoms with E-state index in [0.717, 1.165) is 57.6 Å². The number of methoxy groups -OCH3 is 2. The minimum atomic E-state index is 0.584. The highest BCUT2D eigenvalue weighted by Gasteiger charge is 2.27. The van der Waals surface area contributed by atoms with Crippen LogP contribution in [0.3, 0.4) is 0 Å². The van der Waals surface area contributed by atoms with Crippen LogP contribution in [0.2, 0.25) is 0 Å². The molecular weight excluding hydrogens is 340 g/mol. The van der Waals surface area contributed by atoms with E-state index >= 15 is 0 Å². The van der Waals surface area contributed by atoms with E-state index in [4.69, 9.17) is 14.5 Å². The Kier molecular flexibility index (Phi) is 7.21. The van der Waals surface area contributed by atoms with E-state index in [1.807, 2.05) is 12.1 Å². The number of likely N-dealkylation sites (tertiary alicyclic amines) is 1. The van der Waals surface area contributed by atoms with Crippen LogP contribution in [0.25, 0.3) is 0 Å². The standard InChI is InChI=1S/C21H34N4O2/c1-4-22-21(25-12-10-18(15-25)16-26-2)23-13-17-9-11-24(14-17)19-7-5-6-8-20(19)27-3/h5-8,17-18H,4,9-16H2,1-3H3,(H,22,23). The first-order valence-electron chi connectivity index (χ1n) is 10.1. The lowest BCUT2D eigenvalue weighted by Crippen LogP contribution is -2.40. The van der Waals surface area contributed by atoms with Crippen LogP contribution >= 0.6 is 0 Å². The van der Waals surface area contributed by atoms with Crippen LogP contribution in [0.1, 0.15) is 19.8 Å². The molecule has 6 nitrogen and oxygen atoms in total. The van der Waals surface area contributed by atoms with Crippen molar-refractivity contribution in [1.29, 1.82) is 0 Å². The molecule has 2 aliphatic heterocycles. The van der Waals surface area contributed by atoms with Gasteiger partial charge in [0, 0.05) is 52.3 Å². The number of hydrogen-bond acceptors (Lipinski definition) is 4. The number of ether oxygens (including phenoxy) is 2. The maximum Gasteiger partial charge on any atom is 0.193 e. The van der Waals surface area contributed by atoms with E-state index < -0.39 is 0 Å². The Labute approximate surface area is 163 Å². The highest BCUT2D eigenvalue weighted by molar-refractivity contribution is 5.80. The molecule has 150 valence electrons. The molecule has 2 atom stereocenters. The number of nitrogens with zero attached hydrogens (tertiary/aromatic N) is 3. The number of anilines is 1. The average Bonchev–Trinajstić information content (AvgIpc) is 3.35. The van der Waals surface area contributed by atoms with Crippen LogP contribution in [0, 0.1) is 11.8 Å². The molecule has 2 saturated heterocycles. The normalized spacial score (nSPS) is 23.1. The predicted octanol–water partition coefficient (Wildman–Crippen LogP) is 2.46. The van der Waals surface area contributed by atoms with Crippen molar-refractivity contribution in [3.05, 3.63) is 24.3 Å². The van der Waals surface area contributed by atoms with E-state index in [0.29, 0.717) is 11.8 Å². The summed E-state index contributed by atoms with van der Waals surface area (Å²) >= 11 is 0. The molecule has 0 aliphatic carbocycles. The number of aliphatic imine (C=N–C) groups is 1. The van der Waals surface area contributed by atoms with Crippen LogP contribution in [0.5, 0.6) is 5.75 Å². The third-order valence-corrected chi connectivity index (χ3v) is 5.53. The summed E-state index contributed by atoms with van der Waals surface area (Å²) < 4.78 is 10.8. The van der Waals surface area contributed by atoms with E-state index in [9.17, 15) is 0 Å². The van der Waals surface area contributed by atoms with Crippen molar-refractivity contribution in [3.63, 3.8) is 0 Å². The number of hydrogen-bond donors (Lipinski definition) is 1. The Morgan fingerprint density at radius 2 is 1.96 bits per heavy atom. The summed E-state index contributed by atoms with van der Waals surface area (Å²) in [4.78, 5) is 9.79. The first kappa shape index (κ1) is 19.8. The SMILES string of the molecule is CCNC(=NCC1CCN(c2ccccc2OC)C1)N1CCC(COC)C1. The second kappa shape index (κ2) is 9.83. The lowest BCUT2D eigenvalue weighted by atomic mass is 10.1. The minimum Gasteiger partial charge on any atom is -0.495 e. The average molecular weight is 375 g/mol. The van der Waals surface area contributed by atoms with Crippen molar-refractivity contribution in [2.24, 2.45) is 16.8 Å². The van der Waals surface area contributed by atoms with Crippen molar-refractivity contribution < 1.29 is 9.47 Å². The Morgan fingerprint density at radius 3 is 2.74 bits per heavy atom. The zero-order chi connectivity index (χ0) is 19.1. The van der Waals surface area contributed by atoms with Crippen molar-refractivity contribution in [3.8, 4) is 5.75 Å². The first-order chi connectivity index (χ1) is 13.2. The van der Waals surface area contributed by atoms with Crippen LogP contribution in [-0.2, 0) is 4.74 Å². The van der Waals surface area contributed by atoms with Crippen LogP contribution in [-0.4, -0.2) is 71.0 Å². The molecule has 1 aromatic carbocycles. The molecule has 0 amide bonds. The van der Waals surface area contributed by atoms with E-state index in [2.05, 4.69) is 34.2 Å². The molecule has 2 aliphatic rings. The summed E-state index contributed by atoms with van der Waals surface area (Å²) in [5.41, 5.74) is 1.19. The number of nitrogens with one attached hydrogen (secondary N) is 1. The van der Waals surface area contributed by atoms with Crippen LogP contribution in [0.4, 0.5) is 5.69 Å². The van der Waals surface area contributed by atoms with E-state index in [-0.39, 0.29) is 0 Å². The fraction of sp³-hybridized carbons (Fsp3) is 0.667. The molecule has 2 heterocycles. The lowest BCUT2D eigenvalue weighted by Gasteiger charge is -2.23. The largest absolute Gasteiger partial charge is 0.495 e. The zero-order valence-electron chi connectivity index (χ0n) is 17.0. The Balaban J connectivity index is 1.57. The molecule has 0 saturated carbocycles. The van der Waals surface area contributed by atoms with Gasteiger partial charge in [-0.15, -0.1) is 0 Å². The summed E-state index contributed by atoms with van der Waals surface area (Å²) in [6.45, 7) is 8.97. The molecule has 6 heteroatoms. The molecule has 0 bridgehead atoms. The highest BCUT2D eigenvalue weighted by Crippen LogP contribution is 2.32. The summed E-state index contributed by atoms with van der Waals surface area (Å²) in [6.07, 6.45) is 2.36. The fourth-order valence-corrected chi connectivity index (χ4v) is 4.13. The zero-order valence-corrected chi connectivity index (χ0v) is 17.0. The molecule has 3 rings (SSSR count). The third kappa shape index (κ3) is 5.06. The predicted molar refractivity (Wildman–Crippen MR) is 111 cm³/mol. The number of benzene rings is 1. The fourth-order valence-electron chi connectivity index (χ4n) is 4.13. The molecule has 0 spiro atoms. The number of para-hydroxylation sites is 2. The Bertz CT molecular complexity index is 622. The summed E-state index contributed by atoms with van der Waals surface area (Å²) in [5, 5.41) is 3.47. The van der Waals surface area contributed by atoms with Crippen molar-refractivity contribution in [1.82, 2.24) is 10.2 Å². The minimum absolute atomic E-state index is 0.584. The van der Waals surface area contributed by atoms with Gasteiger partial charge in [0.05, 0.1) is 19.4 Å². The Hall–Kier alpha value is -1.95. The molecule has 0 aromatic heterocycles. The van der Waals surface area contributed by atoms with Gasteiger partial charge in [-0.25, -0.2) is 0 Å². The second-order valence-corrected chi connectivity index (χ2v) is 7.52. The van der Waals surface area contributed by atoms with Gasteiger partial charge in [0.25, 0.3) is 0 Å². The third-order valence-electron chi connectivity index (χ3n) is 5.53. The molecule has 1 N–H and O–H groups in total. The van der Waals surface area contributed by atoms with Gasteiger partial charge in [-0.2, -0.15) is 0 Å². The Morgan fingerprint density at radius 1 is 1.15 bits per heavy atom. The molecule has 0 radical (unpaired) electrons. The molecule has 2 fully saturated rings. The van der Waals surface area contributed by atoms with Crippen LogP contribution < -0.4 is 15.0 Å². The maximum absolute atomic E-state index is 5.52. The molecule has 2 unspecified atom stereocenters. The summed E-state index contributed by atoms with van der Waals surface area (Å²) in [7, 11) is 3.53. The summed E-state index contributed by atoms with van der Waals surface area (Å²) in [5.74, 6) is 3.22. The van der Waals surface area contributed by atoms with Gasteiger partial charge in [0.15, 0.2) is 5.96 Å². The highest BCUT2D eigenvalue weighted by atomic mass is 16.5. The van der Waals surface area contributed by atoms with Gasteiger partial charge >= 0.3 is 0 Å². The lowest BCUT2D eigenvalue weighted by molar-refractivity contribution is 0.157. The molecule has 27 heavy (non-hydrogen) atoms. The van der Waals surface area contributed by atoms with Gasteiger partial charge in [-0.1, -0.05) is 12.1 Å². The second-order valence-electron chi connectivity index (χ2n) is 7.52.